The summed E-state index contributed by atoms with van der Waals surface area (Å²) in [6.45, 7) is 3.83. The summed E-state index contributed by atoms with van der Waals surface area (Å²) in [4.78, 5) is 0. The van der Waals surface area contributed by atoms with Crippen LogP contribution in [-0.2, 0) is 0 Å². The number of rotatable bonds is 3. The zero-order valence-electron chi connectivity index (χ0n) is 11.0. The zero-order valence-corrected chi connectivity index (χ0v) is 11.0. The van der Waals surface area contributed by atoms with E-state index in [0.717, 1.165) is 22.6 Å². The van der Waals surface area contributed by atoms with Crippen LogP contribution in [0.25, 0.3) is 11.1 Å². The first-order valence-electron chi connectivity index (χ1n) is 5.65. The smallest absolute Gasteiger partial charge is 0.162 e. The highest BCUT2D eigenvalue weighted by atomic mass is 16.5. The molecule has 0 saturated carbocycles. The number of hydrogen-bond acceptors (Lipinski definition) is 4. The van der Waals surface area contributed by atoms with E-state index in [1.54, 1.807) is 20.3 Å². The van der Waals surface area contributed by atoms with Gasteiger partial charge >= 0.3 is 0 Å². The van der Waals surface area contributed by atoms with Crippen molar-refractivity contribution in [2.45, 2.75) is 13.8 Å². The zero-order chi connectivity index (χ0) is 13.3. The molecule has 96 valence electrons. The molecular formula is C14H17NO3. The van der Waals surface area contributed by atoms with Crippen LogP contribution in [0.1, 0.15) is 11.5 Å². The van der Waals surface area contributed by atoms with E-state index in [1.807, 2.05) is 26.0 Å². The van der Waals surface area contributed by atoms with Crippen molar-refractivity contribution in [2.24, 2.45) is 0 Å². The minimum atomic E-state index is 0.622. The number of aryl methyl sites for hydroxylation is 2. The Morgan fingerprint density at radius 2 is 1.56 bits per heavy atom. The molecule has 0 bridgehead atoms. The highest BCUT2D eigenvalue weighted by molar-refractivity contribution is 5.81. The van der Waals surface area contributed by atoms with E-state index in [4.69, 9.17) is 19.6 Å². The molecule has 0 unspecified atom stereocenters. The second kappa shape index (κ2) is 4.64. The predicted molar refractivity (Wildman–Crippen MR) is 71.1 cm³/mol. The number of furan rings is 1. The molecule has 0 aliphatic rings. The second-order valence-corrected chi connectivity index (χ2v) is 4.12. The van der Waals surface area contributed by atoms with Gasteiger partial charge in [0.05, 0.1) is 14.2 Å². The van der Waals surface area contributed by atoms with Gasteiger partial charge in [-0.1, -0.05) is 0 Å². The summed E-state index contributed by atoms with van der Waals surface area (Å²) < 4.78 is 16.0. The quantitative estimate of drug-likeness (QED) is 0.846. The van der Waals surface area contributed by atoms with Gasteiger partial charge < -0.3 is 19.6 Å². The Balaban J connectivity index is 2.61. The summed E-state index contributed by atoms with van der Waals surface area (Å²) >= 11 is 0. The number of anilines is 1. The van der Waals surface area contributed by atoms with E-state index >= 15 is 0 Å². The van der Waals surface area contributed by atoms with Gasteiger partial charge in [-0.15, -0.1) is 0 Å². The first kappa shape index (κ1) is 12.4. The summed E-state index contributed by atoms with van der Waals surface area (Å²) in [7, 11) is 3.19. The predicted octanol–water partition coefficient (Wildman–Crippen LogP) is 3.16. The molecule has 2 aromatic rings. The lowest BCUT2D eigenvalue weighted by atomic mass is 10.0. The summed E-state index contributed by atoms with van der Waals surface area (Å²) in [5.74, 6) is 2.97. The molecule has 2 N–H and O–H groups in total. The fourth-order valence-corrected chi connectivity index (χ4v) is 2.03. The summed E-state index contributed by atoms with van der Waals surface area (Å²) in [6, 6.07) is 5.59. The van der Waals surface area contributed by atoms with Crippen molar-refractivity contribution in [1.29, 1.82) is 0 Å². The highest BCUT2D eigenvalue weighted by Crippen LogP contribution is 2.39. The third-order valence-corrected chi connectivity index (χ3v) is 2.89. The third-order valence-electron chi connectivity index (χ3n) is 2.89. The Hall–Kier alpha value is -2.10. The number of hydrogen-bond donors (Lipinski definition) is 1. The van der Waals surface area contributed by atoms with E-state index in [0.29, 0.717) is 17.2 Å². The fraction of sp³-hybridized carbons (Fsp3) is 0.286. The average molecular weight is 247 g/mol. The van der Waals surface area contributed by atoms with Crippen LogP contribution < -0.4 is 15.2 Å². The highest BCUT2D eigenvalue weighted by Gasteiger charge is 2.14. The number of benzene rings is 1. The molecule has 1 aromatic carbocycles. The van der Waals surface area contributed by atoms with Crippen LogP contribution in [0.4, 0.5) is 5.69 Å². The minimum absolute atomic E-state index is 0.622. The lowest BCUT2D eigenvalue weighted by Gasteiger charge is -2.12. The first-order chi connectivity index (χ1) is 8.56. The van der Waals surface area contributed by atoms with Crippen LogP contribution in [0.15, 0.2) is 22.6 Å². The first-order valence-corrected chi connectivity index (χ1v) is 5.65. The monoisotopic (exact) mass is 247 g/mol. The van der Waals surface area contributed by atoms with E-state index in [1.165, 1.54) is 0 Å². The minimum Gasteiger partial charge on any atom is -0.493 e. The maximum atomic E-state index is 6.05. The normalized spacial score (nSPS) is 10.4. The van der Waals surface area contributed by atoms with Crippen LogP contribution >= 0.6 is 0 Å². The molecule has 1 aromatic heterocycles. The van der Waals surface area contributed by atoms with Gasteiger partial charge in [0.2, 0.25) is 0 Å². The Morgan fingerprint density at radius 3 is 2.06 bits per heavy atom. The van der Waals surface area contributed by atoms with Gasteiger partial charge in [0.15, 0.2) is 11.5 Å². The van der Waals surface area contributed by atoms with Gasteiger partial charge in [-0.25, -0.2) is 0 Å². The largest absolute Gasteiger partial charge is 0.493 e. The Bertz CT molecular complexity index is 573. The lowest BCUT2D eigenvalue weighted by molar-refractivity contribution is 0.355. The van der Waals surface area contributed by atoms with Crippen molar-refractivity contribution in [1.82, 2.24) is 0 Å². The molecule has 4 nitrogen and oxygen atoms in total. The number of nitrogens with two attached hydrogens (primary N) is 1. The molecule has 0 amide bonds. The maximum Gasteiger partial charge on any atom is 0.162 e. The maximum absolute atomic E-state index is 6.05. The lowest BCUT2D eigenvalue weighted by Crippen LogP contribution is -1.96. The summed E-state index contributed by atoms with van der Waals surface area (Å²) in [6.07, 6.45) is 0. The van der Waals surface area contributed by atoms with Crippen molar-refractivity contribution in [2.75, 3.05) is 20.0 Å². The van der Waals surface area contributed by atoms with Gasteiger partial charge in [-0.3, -0.25) is 0 Å². The molecule has 0 aliphatic carbocycles. The fourth-order valence-electron chi connectivity index (χ4n) is 2.03. The van der Waals surface area contributed by atoms with Crippen LogP contribution in [-0.4, -0.2) is 14.2 Å². The molecule has 2 rings (SSSR count). The molecule has 0 aliphatic heterocycles. The van der Waals surface area contributed by atoms with Gasteiger partial charge in [0, 0.05) is 22.9 Å². The topological polar surface area (TPSA) is 57.6 Å². The van der Waals surface area contributed by atoms with Crippen LogP contribution in [0.3, 0.4) is 0 Å². The van der Waals surface area contributed by atoms with Crippen molar-refractivity contribution < 1.29 is 13.9 Å². The van der Waals surface area contributed by atoms with Crippen molar-refractivity contribution in [3.63, 3.8) is 0 Å². The second-order valence-electron chi connectivity index (χ2n) is 4.12. The van der Waals surface area contributed by atoms with Crippen LogP contribution in [0.2, 0.25) is 0 Å². The van der Waals surface area contributed by atoms with Crippen molar-refractivity contribution >= 4 is 5.69 Å². The van der Waals surface area contributed by atoms with Gasteiger partial charge in [0.1, 0.15) is 11.5 Å². The van der Waals surface area contributed by atoms with E-state index in [-0.39, 0.29) is 0 Å². The molecule has 0 atom stereocenters. The number of ether oxygens (including phenoxy) is 2. The Morgan fingerprint density at radius 1 is 0.944 bits per heavy atom. The van der Waals surface area contributed by atoms with E-state index in [9.17, 15) is 0 Å². The van der Waals surface area contributed by atoms with Gasteiger partial charge in [-0.05, 0) is 26.0 Å². The number of nitrogen functional groups attached to an aromatic ring is 1. The van der Waals surface area contributed by atoms with Crippen molar-refractivity contribution in [3.05, 3.63) is 29.7 Å². The van der Waals surface area contributed by atoms with Crippen LogP contribution in [0.5, 0.6) is 11.5 Å². The van der Waals surface area contributed by atoms with Gasteiger partial charge in [-0.2, -0.15) is 0 Å². The summed E-state index contributed by atoms with van der Waals surface area (Å²) in [5.41, 5.74) is 8.56. The molecule has 18 heavy (non-hydrogen) atoms. The standard InChI is InChI=1S/C14H17NO3/c1-8-5-10(9(2)18-8)11-6-13(16-3)14(17-4)7-12(11)15/h5-7H,15H2,1-4H3. The van der Waals surface area contributed by atoms with E-state index in [2.05, 4.69) is 0 Å². The third kappa shape index (κ3) is 2.01. The molecule has 0 radical (unpaired) electrons. The van der Waals surface area contributed by atoms with Crippen LogP contribution in [0, 0.1) is 13.8 Å². The number of methoxy groups -OCH3 is 2. The Labute approximate surface area is 106 Å². The van der Waals surface area contributed by atoms with E-state index < -0.39 is 0 Å². The molecular weight excluding hydrogens is 230 g/mol. The SMILES string of the molecule is COc1cc(N)c(-c2cc(C)oc2C)cc1OC. The Kier molecular flexibility index (Phi) is 3.19. The molecule has 0 fully saturated rings. The summed E-state index contributed by atoms with van der Waals surface area (Å²) in [5, 5.41) is 0. The molecule has 4 heteroatoms. The average Bonchev–Trinajstić information content (AvgIpc) is 2.68. The van der Waals surface area contributed by atoms with Crippen molar-refractivity contribution in [3.8, 4) is 22.6 Å². The molecule has 0 saturated heterocycles. The molecule has 1 heterocycles. The van der Waals surface area contributed by atoms with Gasteiger partial charge in [0.25, 0.3) is 0 Å². The molecule has 0 spiro atoms.